The predicted molar refractivity (Wildman–Crippen MR) is 123 cm³/mol. The lowest BCUT2D eigenvalue weighted by molar-refractivity contribution is 0.272. The number of thioether (sulfide) groups is 1. The highest BCUT2D eigenvalue weighted by atomic mass is 32.2. The van der Waals surface area contributed by atoms with Crippen molar-refractivity contribution in [3.8, 4) is 11.5 Å². The Morgan fingerprint density at radius 3 is 2.62 bits per heavy atom. The van der Waals surface area contributed by atoms with Crippen LogP contribution in [0.2, 0.25) is 0 Å². The maximum absolute atomic E-state index is 5.54. The molecule has 1 saturated heterocycles. The second-order valence-corrected chi connectivity index (χ2v) is 9.13. The molecule has 1 aliphatic heterocycles. The van der Waals surface area contributed by atoms with Gasteiger partial charge in [0.1, 0.15) is 11.5 Å². The molecule has 0 radical (unpaired) electrons. The van der Waals surface area contributed by atoms with E-state index >= 15 is 0 Å². The van der Waals surface area contributed by atoms with Crippen LogP contribution in [-0.2, 0) is 6.42 Å². The Kier molecular flexibility index (Phi) is 6.88. The molecule has 0 N–H and O–H groups in total. The topological polar surface area (TPSA) is 24.9 Å². The van der Waals surface area contributed by atoms with Gasteiger partial charge in [-0.3, -0.25) is 4.90 Å². The molecule has 5 heteroatoms. The lowest BCUT2D eigenvalue weighted by atomic mass is 9.91. The van der Waals surface area contributed by atoms with Gasteiger partial charge in [0.25, 0.3) is 0 Å². The Morgan fingerprint density at radius 1 is 1.00 bits per heavy atom. The first-order valence-electron chi connectivity index (χ1n) is 10.7. The number of methoxy groups -OCH3 is 2. The van der Waals surface area contributed by atoms with E-state index in [0.717, 1.165) is 37.7 Å². The van der Waals surface area contributed by atoms with Crippen molar-refractivity contribution in [1.82, 2.24) is 4.90 Å². The summed E-state index contributed by atoms with van der Waals surface area (Å²) in [5.41, 5.74) is 4.23. The van der Waals surface area contributed by atoms with Crippen LogP contribution in [0.25, 0.3) is 0 Å². The van der Waals surface area contributed by atoms with E-state index in [1.165, 1.54) is 48.4 Å². The first-order chi connectivity index (χ1) is 14.3. The number of benzene rings is 2. The van der Waals surface area contributed by atoms with Crippen LogP contribution in [0.1, 0.15) is 29.2 Å². The summed E-state index contributed by atoms with van der Waals surface area (Å²) in [7, 11) is 3.52. The van der Waals surface area contributed by atoms with Gasteiger partial charge in [-0.1, -0.05) is 18.2 Å². The van der Waals surface area contributed by atoms with E-state index in [2.05, 4.69) is 58.0 Å². The zero-order valence-electron chi connectivity index (χ0n) is 17.6. The maximum atomic E-state index is 5.54. The first kappa shape index (κ1) is 20.4. The summed E-state index contributed by atoms with van der Waals surface area (Å²) in [5, 5.41) is 0.615. The van der Waals surface area contributed by atoms with E-state index in [1.807, 2.05) is 6.07 Å². The minimum absolute atomic E-state index is 0.615. The Labute approximate surface area is 179 Å². The molecular weight excluding hydrogens is 380 g/mol. The van der Waals surface area contributed by atoms with Crippen molar-refractivity contribution in [1.29, 1.82) is 0 Å². The molecule has 156 valence electrons. The molecule has 0 amide bonds. The summed E-state index contributed by atoms with van der Waals surface area (Å²) < 4.78 is 11.0. The van der Waals surface area contributed by atoms with Crippen LogP contribution in [0.5, 0.6) is 11.5 Å². The molecule has 4 rings (SSSR count). The standard InChI is InChI=1S/C24H32N2O2S/c1-27-20-11-10-19-6-5-9-24(21(19)18-20)29-17-16-25-12-14-26(15-13-25)22-7-3-4-8-23(22)28-2/h3-4,7-8,10-11,18,24H,5-6,9,12-17H2,1-2H3. The molecule has 1 unspecified atom stereocenters. The fraction of sp³-hybridized carbons (Fsp3) is 0.500. The van der Waals surface area contributed by atoms with Crippen molar-refractivity contribution in [3.63, 3.8) is 0 Å². The number of piperazine rings is 1. The molecule has 29 heavy (non-hydrogen) atoms. The second kappa shape index (κ2) is 9.77. The molecule has 2 aliphatic rings. The van der Waals surface area contributed by atoms with Crippen molar-refractivity contribution in [3.05, 3.63) is 53.6 Å². The third kappa shape index (κ3) is 4.84. The monoisotopic (exact) mass is 412 g/mol. The zero-order valence-corrected chi connectivity index (χ0v) is 18.4. The highest BCUT2D eigenvalue weighted by Gasteiger charge is 2.23. The number of anilines is 1. The lowest BCUT2D eigenvalue weighted by Gasteiger charge is -2.36. The van der Waals surface area contributed by atoms with E-state index in [1.54, 1.807) is 14.2 Å². The summed E-state index contributed by atoms with van der Waals surface area (Å²) in [4.78, 5) is 5.06. The number of aryl methyl sites for hydroxylation is 1. The van der Waals surface area contributed by atoms with Gasteiger partial charge < -0.3 is 14.4 Å². The van der Waals surface area contributed by atoms with E-state index in [9.17, 15) is 0 Å². The van der Waals surface area contributed by atoms with Crippen LogP contribution in [0.3, 0.4) is 0 Å². The summed E-state index contributed by atoms with van der Waals surface area (Å²) in [5.74, 6) is 3.15. The largest absolute Gasteiger partial charge is 0.497 e. The van der Waals surface area contributed by atoms with Crippen LogP contribution in [-0.4, -0.2) is 57.6 Å². The third-order valence-corrected chi connectivity index (χ3v) is 7.45. The van der Waals surface area contributed by atoms with Crippen LogP contribution in [0.15, 0.2) is 42.5 Å². The Morgan fingerprint density at radius 2 is 1.83 bits per heavy atom. The minimum Gasteiger partial charge on any atom is -0.497 e. The van der Waals surface area contributed by atoms with Crippen molar-refractivity contribution in [2.75, 3.05) is 57.6 Å². The molecule has 2 aromatic carbocycles. The molecule has 1 fully saturated rings. The maximum Gasteiger partial charge on any atom is 0.142 e. The highest BCUT2D eigenvalue weighted by molar-refractivity contribution is 7.99. The van der Waals surface area contributed by atoms with Gasteiger partial charge in [0.2, 0.25) is 0 Å². The van der Waals surface area contributed by atoms with Crippen molar-refractivity contribution >= 4 is 17.4 Å². The zero-order chi connectivity index (χ0) is 20.1. The van der Waals surface area contributed by atoms with Crippen LogP contribution in [0.4, 0.5) is 5.69 Å². The van der Waals surface area contributed by atoms with Gasteiger partial charge in [0, 0.05) is 43.7 Å². The number of nitrogens with zero attached hydrogens (tertiary/aromatic N) is 2. The summed E-state index contributed by atoms with van der Waals surface area (Å²) in [6.45, 7) is 5.53. The summed E-state index contributed by atoms with van der Waals surface area (Å²) in [6, 6.07) is 15.0. The number of rotatable bonds is 7. The molecule has 1 heterocycles. The van der Waals surface area contributed by atoms with Gasteiger partial charge in [-0.25, -0.2) is 0 Å². The van der Waals surface area contributed by atoms with E-state index in [4.69, 9.17) is 9.47 Å². The molecule has 0 spiro atoms. The Balaban J connectivity index is 1.27. The molecule has 0 aromatic heterocycles. The Bertz CT molecular complexity index is 805. The number of hydrogen-bond donors (Lipinski definition) is 0. The lowest BCUT2D eigenvalue weighted by Crippen LogP contribution is -2.47. The van der Waals surface area contributed by atoms with Gasteiger partial charge in [0.05, 0.1) is 19.9 Å². The fourth-order valence-corrected chi connectivity index (χ4v) is 5.84. The number of ether oxygens (including phenoxy) is 2. The van der Waals surface area contributed by atoms with Crippen molar-refractivity contribution in [2.45, 2.75) is 24.5 Å². The van der Waals surface area contributed by atoms with Gasteiger partial charge in [-0.2, -0.15) is 11.8 Å². The average molecular weight is 413 g/mol. The van der Waals surface area contributed by atoms with Gasteiger partial charge in [-0.15, -0.1) is 0 Å². The molecule has 0 bridgehead atoms. The third-order valence-electron chi connectivity index (χ3n) is 6.14. The van der Waals surface area contributed by atoms with E-state index in [0.29, 0.717) is 5.25 Å². The molecule has 4 nitrogen and oxygen atoms in total. The SMILES string of the molecule is COc1ccc2c(c1)C(SCCN1CCN(c3ccccc3OC)CC1)CCC2. The average Bonchev–Trinajstić information content (AvgIpc) is 2.79. The molecule has 1 aliphatic carbocycles. The van der Waals surface area contributed by atoms with E-state index in [-0.39, 0.29) is 0 Å². The van der Waals surface area contributed by atoms with Crippen LogP contribution >= 0.6 is 11.8 Å². The number of hydrogen-bond acceptors (Lipinski definition) is 5. The highest BCUT2D eigenvalue weighted by Crippen LogP contribution is 2.41. The van der Waals surface area contributed by atoms with Crippen molar-refractivity contribution < 1.29 is 9.47 Å². The normalized spacial score (nSPS) is 19.7. The number of fused-ring (bicyclic) bond motifs is 1. The predicted octanol–water partition coefficient (Wildman–Crippen LogP) is 4.64. The smallest absolute Gasteiger partial charge is 0.142 e. The molecule has 0 saturated carbocycles. The molecule has 2 aromatic rings. The summed E-state index contributed by atoms with van der Waals surface area (Å²) >= 11 is 2.13. The first-order valence-corrected chi connectivity index (χ1v) is 11.7. The Hall–Kier alpha value is -1.85. The van der Waals surface area contributed by atoms with Crippen LogP contribution < -0.4 is 14.4 Å². The van der Waals surface area contributed by atoms with Gasteiger partial charge >= 0.3 is 0 Å². The second-order valence-electron chi connectivity index (χ2n) is 7.82. The summed E-state index contributed by atoms with van der Waals surface area (Å²) in [6.07, 6.45) is 3.79. The molecule has 1 atom stereocenters. The van der Waals surface area contributed by atoms with Gasteiger partial charge in [0.15, 0.2) is 0 Å². The van der Waals surface area contributed by atoms with Crippen LogP contribution in [0, 0.1) is 0 Å². The quantitative estimate of drug-likeness (QED) is 0.660. The molecular formula is C24H32N2O2S. The minimum atomic E-state index is 0.615. The van der Waals surface area contributed by atoms with Gasteiger partial charge in [-0.05, 0) is 54.7 Å². The number of para-hydroxylation sites is 2. The van der Waals surface area contributed by atoms with Crippen molar-refractivity contribution in [2.24, 2.45) is 0 Å². The fourth-order valence-electron chi connectivity index (χ4n) is 4.46. The van der Waals surface area contributed by atoms with E-state index < -0.39 is 0 Å².